The van der Waals surface area contributed by atoms with Gasteiger partial charge in [-0.2, -0.15) is 5.26 Å². The summed E-state index contributed by atoms with van der Waals surface area (Å²) in [6.07, 6.45) is 8.39. The Bertz CT molecular complexity index is 1690. The Kier molecular flexibility index (Phi) is 9.49. The Morgan fingerprint density at radius 3 is 2.48 bits per heavy atom. The first-order chi connectivity index (χ1) is 21.4. The van der Waals surface area contributed by atoms with Gasteiger partial charge in [0, 0.05) is 60.8 Å². The third-order valence-corrected chi connectivity index (χ3v) is 7.86. The number of methoxy groups -OCH3 is 1. The summed E-state index contributed by atoms with van der Waals surface area (Å²) >= 11 is 0. The summed E-state index contributed by atoms with van der Waals surface area (Å²) in [5.74, 6) is 0.781. The molecule has 0 bridgehead atoms. The van der Waals surface area contributed by atoms with Gasteiger partial charge in [-0.05, 0) is 72.4 Å². The number of benzene rings is 2. The first-order valence-electron chi connectivity index (χ1n) is 14.3. The Morgan fingerprint density at radius 2 is 1.84 bits per heavy atom. The number of hydrogen-bond acceptors (Lipinski definition) is 9. The largest absolute Gasteiger partial charge is 0.504 e. The van der Waals surface area contributed by atoms with Crippen molar-refractivity contribution in [1.29, 1.82) is 5.26 Å². The van der Waals surface area contributed by atoms with Crippen LogP contribution in [-0.2, 0) is 11.3 Å². The molecule has 10 heteroatoms. The topological polar surface area (TPSA) is 144 Å². The van der Waals surface area contributed by atoms with E-state index in [2.05, 4.69) is 28.2 Å². The summed E-state index contributed by atoms with van der Waals surface area (Å²) in [4.78, 5) is 22.7. The van der Waals surface area contributed by atoms with Gasteiger partial charge in [-0.3, -0.25) is 10.0 Å². The lowest BCUT2D eigenvalue weighted by molar-refractivity contribution is -0.124. The van der Waals surface area contributed by atoms with Crippen molar-refractivity contribution in [1.82, 2.24) is 20.8 Å². The van der Waals surface area contributed by atoms with E-state index < -0.39 is 5.91 Å². The number of ether oxygens (including phenoxy) is 1. The zero-order valence-electron chi connectivity index (χ0n) is 24.6. The number of nitrogens with one attached hydrogen (secondary N) is 2. The minimum Gasteiger partial charge on any atom is -0.504 e. The zero-order chi connectivity index (χ0) is 31.1. The molecule has 4 N–H and O–H groups in total. The molecule has 0 atom stereocenters. The van der Waals surface area contributed by atoms with Gasteiger partial charge in [-0.15, -0.1) is 0 Å². The molecule has 44 heavy (non-hydrogen) atoms. The summed E-state index contributed by atoms with van der Waals surface area (Å²) in [7, 11) is 1.52. The second kappa shape index (κ2) is 13.8. The van der Waals surface area contributed by atoms with E-state index in [0.29, 0.717) is 17.5 Å². The van der Waals surface area contributed by atoms with Gasteiger partial charge in [-0.25, -0.2) is 15.4 Å². The third-order valence-electron chi connectivity index (χ3n) is 7.86. The fourth-order valence-electron chi connectivity index (χ4n) is 5.49. The van der Waals surface area contributed by atoms with Crippen molar-refractivity contribution < 1.29 is 19.8 Å². The number of aromatic nitrogens is 2. The van der Waals surface area contributed by atoms with Crippen molar-refractivity contribution in [2.75, 3.05) is 25.1 Å². The second-order valence-electron chi connectivity index (χ2n) is 10.6. The molecule has 1 aliphatic heterocycles. The Labute approximate surface area is 256 Å². The van der Waals surface area contributed by atoms with E-state index in [1.54, 1.807) is 36.0 Å². The molecule has 0 aliphatic carbocycles. The maximum absolute atomic E-state index is 11.2. The molecule has 2 aromatic carbocycles. The molecule has 0 unspecified atom stereocenters. The first-order valence-corrected chi connectivity index (χ1v) is 14.3. The van der Waals surface area contributed by atoms with Gasteiger partial charge in [0.25, 0.3) is 5.91 Å². The maximum atomic E-state index is 11.2. The molecule has 0 saturated carbocycles. The highest BCUT2D eigenvalue weighted by Crippen LogP contribution is 2.40. The second-order valence-corrected chi connectivity index (χ2v) is 10.6. The van der Waals surface area contributed by atoms with Crippen molar-refractivity contribution in [3.63, 3.8) is 0 Å². The van der Waals surface area contributed by atoms with E-state index in [0.717, 1.165) is 77.2 Å². The van der Waals surface area contributed by atoms with Gasteiger partial charge in [0.15, 0.2) is 11.5 Å². The Hall–Kier alpha value is -5.24. The highest BCUT2D eigenvalue weighted by atomic mass is 16.5. The summed E-state index contributed by atoms with van der Waals surface area (Å²) in [6, 6.07) is 19.3. The number of carbonyl (C=O) groups is 1. The standard InChI is InChI=1S/C34H34N6O4/c1-22-33(26-8-10-28(18-35)37-20-26)29(25-9-11-31(44-2)30(41)17-25)21-38-34(22)40-15-13-27(14-16-40)36-19-24-5-3-23(4-6-24)7-12-32(42)39-43/h3-12,17,20-21,27,36,41,43H,13-16,19H2,1-2H3,(H,39,42)/b12-7+. The number of hydroxylamine groups is 1. The average molecular weight is 591 g/mol. The average Bonchev–Trinajstić information content (AvgIpc) is 3.07. The lowest BCUT2D eigenvalue weighted by Gasteiger charge is -2.34. The van der Waals surface area contributed by atoms with Gasteiger partial charge in [0.2, 0.25) is 0 Å². The number of phenolic OH excluding ortho intramolecular Hbond substituents is 1. The molecule has 10 nitrogen and oxygen atoms in total. The van der Waals surface area contributed by atoms with Crippen LogP contribution >= 0.6 is 0 Å². The summed E-state index contributed by atoms with van der Waals surface area (Å²) in [5, 5.41) is 32.0. The summed E-state index contributed by atoms with van der Waals surface area (Å²) < 4.78 is 5.23. The van der Waals surface area contributed by atoms with Crippen LogP contribution in [0.5, 0.6) is 11.5 Å². The van der Waals surface area contributed by atoms with Crippen LogP contribution in [0.1, 0.15) is 35.2 Å². The third kappa shape index (κ3) is 6.86. The van der Waals surface area contributed by atoms with Crippen LogP contribution in [0.15, 0.2) is 73.1 Å². The smallest absolute Gasteiger partial charge is 0.267 e. The SMILES string of the molecule is COc1ccc(-c2cnc(N3CCC(NCc4ccc(/C=C/C(=O)NO)cc4)CC3)c(C)c2-c2ccc(C#N)nc2)cc1O. The van der Waals surface area contributed by atoms with Crippen molar-refractivity contribution in [3.05, 3.63) is 95.5 Å². The predicted molar refractivity (Wildman–Crippen MR) is 168 cm³/mol. The van der Waals surface area contributed by atoms with E-state index in [-0.39, 0.29) is 5.75 Å². The van der Waals surface area contributed by atoms with E-state index in [9.17, 15) is 15.2 Å². The van der Waals surface area contributed by atoms with Gasteiger partial charge in [0.1, 0.15) is 17.6 Å². The minimum atomic E-state index is -0.566. The quantitative estimate of drug-likeness (QED) is 0.121. The number of anilines is 1. The van der Waals surface area contributed by atoms with Crippen LogP contribution in [0.2, 0.25) is 0 Å². The van der Waals surface area contributed by atoms with Crippen LogP contribution in [0.3, 0.4) is 0 Å². The maximum Gasteiger partial charge on any atom is 0.267 e. The van der Waals surface area contributed by atoms with Gasteiger partial charge in [0.05, 0.1) is 7.11 Å². The molecule has 0 spiro atoms. The number of nitriles is 1. The fourth-order valence-corrected chi connectivity index (χ4v) is 5.49. The number of piperidine rings is 1. The van der Waals surface area contributed by atoms with Crippen molar-refractivity contribution in [2.45, 2.75) is 32.4 Å². The molecule has 0 radical (unpaired) electrons. The number of aromatic hydroxyl groups is 1. The predicted octanol–water partition coefficient (Wildman–Crippen LogP) is 4.98. The molecule has 4 aromatic rings. The molecular weight excluding hydrogens is 556 g/mol. The van der Waals surface area contributed by atoms with E-state index in [4.69, 9.17) is 14.9 Å². The number of carbonyl (C=O) groups excluding carboxylic acids is 1. The summed E-state index contributed by atoms with van der Waals surface area (Å²) in [5.41, 5.74) is 8.42. The Morgan fingerprint density at radius 1 is 1.09 bits per heavy atom. The van der Waals surface area contributed by atoms with E-state index >= 15 is 0 Å². The lowest BCUT2D eigenvalue weighted by Crippen LogP contribution is -2.42. The number of nitrogens with zero attached hydrogens (tertiary/aromatic N) is 4. The highest BCUT2D eigenvalue weighted by Gasteiger charge is 2.24. The number of pyridine rings is 2. The van der Waals surface area contributed by atoms with Crippen molar-refractivity contribution >= 4 is 17.8 Å². The molecule has 1 aliphatic rings. The van der Waals surface area contributed by atoms with Crippen molar-refractivity contribution in [2.24, 2.45) is 0 Å². The van der Waals surface area contributed by atoms with Gasteiger partial charge in [-0.1, -0.05) is 30.3 Å². The molecule has 1 saturated heterocycles. The summed E-state index contributed by atoms with van der Waals surface area (Å²) in [6.45, 7) is 4.48. The minimum absolute atomic E-state index is 0.0464. The molecular formula is C34H34N6O4. The van der Waals surface area contributed by atoms with Crippen molar-refractivity contribution in [3.8, 4) is 39.8 Å². The first kappa shape index (κ1) is 30.2. The number of rotatable bonds is 9. The van der Waals surface area contributed by atoms with Crippen LogP contribution in [0.4, 0.5) is 5.82 Å². The van der Waals surface area contributed by atoms with Gasteiger partial charge >= 0.3 is 0 Å². The fraction of sp³-hybridized carbons (Fsp3) is 0.235. The van der Waals surface area contributed by atoms with E-state index in [1.807, 2.05) is 42.6 Å². The van der Waals surface area contributed by atoms with Crippen LogP contribution < -0.4 is 20.4 Å². The normalized spacial score (nSPS) is 13.5. The molecule has 5 rings (SSSR count). The van der Waals surface area contributed by atoms with Crippen LogP contribution in [-0.4, -0.2) is 52.4 Å². The number of phenols is 1. The zero-order valence-corrected chi connectivity index (χ0v) is 24.6. The van der Waals surface area contributed by atoms with Gasteiger partial charge < -0.3 is 20.1 Å². The molecule has 3 heterocycles. The Balaban J connectivity index is 1.31. The van der Waals surface area contributed by atoms with Crippen LogP contribution in [0, 0.1) is 18.3 Å². The molecule has 2 aromatic heterocycles. The molecule has 224 valence electrons. The monoisotopic (exact) mass is 590 g/mol. The number of hydrogen-bond donors (Lipinski definition) is 4. The van der Waals surface area contributed by atoms with E-state index in [1.165, 1.54) is 13.2 Å². The highest BCUT2D eigenvalue weighted by molar-refractivity contribution is 5.91. The molecule has 1 fully saturated rings. The molecule has 1 amide bonds. The lowest BCUT2D eigenvalue weighted by atomic mass is 9.92. The number of amides is 1. The van der Waals surface area contributed by atoms with Crippen LogP contribution in [0.25, 0.3) is 28.3 Å².